The Bertz CT molecular complexity index is 1310. The topological polar surface area (TPSA) is 56.1 Å². The van der Waals surface area contributed by atoms with E-state index in [0.29, 0.717) is 18.7 Å². The molecule has 186 valence electrons. The van der Waals surface area contributed by atoms with Gasteiger partial charge < -0.3 is 14.6 Å². The molecule has 0 saturated heterocycles. The first-order valence-corrected chi connectivity index (χ1v) is 13.2. The normalized spacial score (nSPS) is 10.9. The molecule has 4 aromatic rings. The fraction of sp³-hybridized carbons (Fsp3) is 0.267. The van der Waals surface area contributed by atoms with Crippen molar-refractivity contribution in [3.63, 3.8) is 0 Å². The molecule has 1 N–H and O–H groups in total. The van der Waals surface area contributed by atoms with Crippen molar-refractivity contribution in [3.05, 3.63) is 107 Å². The maximum atomic E-state index is 12.4. The molecule has 4 rings (SSSR count). The van der Waals surface area contributed by atoms with Crippen molar-refractivity contribution in [2.45, 2.75) is 38.6 Å². The second-order valence-corrected chi connectivity index (χ2v) is 9.61. The average molecular weight is 547 g/mol. The minimum Gasteiger partial charge on any atom is -0.493 e. The number of para-hydroxylation sites is 3. The molecule has 0 saturated carbocycles. The maximum Gasteiger partial charge on any atom is 0.251 e. The molecule has 0 aliphatic heterocycles. The SMILES string of the molecule is C=CCc1ccccc1OCCCCn1c(CCCNC(=O)c2cccc(Br)c2)nc2ccccc21. The van der Waals surface area contributed by atoms with Crippen molar-refractivity contribution in [2.24, 2.45) is 0 Å². The van der Waals surface area contributed by atoms with Gasteiger partial charge in [-0.3, -0.25) is 4.79 Å². The number of allylic oxidation sites excluding steroid dienone is 1. The molecule has 0 radical (unpaired) electrons. The summed E-state index contributed by atoms with van der Waals surface area (Å²) in [5.74, 6) is 1.95. The highest BCUT2D eigenvalue weighted by molar-refractivity contribution is 9.10. The Morgan fingerprint density at radius 1 is 1.03 bits per heavy atom. The third-order valence-electron chi connectivity index (χ3n) is 6.05. The standard InChI is InChI=1S/C30H32BrN3O2/c1-2-11-23-12-3-6-17-28(23)36-21-8-7-20-34-27-16-5-4-15-26(27)33-29(34)18-10-19-32-30(35)24-13-9-14-25(31)22-24/h2-6,9,12-17,22H,1,7-8,10-11,18-21H2,(H,32,35). The average Bonchev–Trinajstić information content (AvgIpc) is 3.24. The van der Waals surface area contributed by atoms with Crippen LogP contribution in [0.5, 0.6) is 5.75 Å². The number of ether oxygens (including phenoxy) is 1. The lowest BCUT2D eigenvalue weighted by molar-refractivity contribution is 0.0953. The Morgan fingerprint density at radius 2 is 1.86 bits per heavy atom. The second-order valence-electron chi connectivity index (χ2n) is 8.69. The number of unbranched alkanes of at least 4 members (excludes halogenated alkanes) is 1. The van der Waals surface area contributed by atoms with E-state index < -0.39 is 0 Å². The quantitative estimate of drug-likeness (QED) is 0.149. The van der Waals surface area contributed by atoms with Crippen LogP contribution in [0.2, 0.25) is 0 Å². The van der Waals surface area contributed by atoms with Gasteiger partial charge in [0.25, 0.3) is 5.91 Å². The van der Waals surface area contributed by atoms with Gasteiger partial charge in [-0.05, 0) is 67.6 Å². The summed E-state index contributed by atoms with van der Waals surface area (Å²) in [7, 11) is 0. The van der Waals surface area contributed by atoms with Gasteiger partial charge in [0.05, 0.1) is 17.6 Å². The Hall–Kier alpha value is -3.38. The van der Waals surface area contributed by atoms with Crippen molar-refractivity contribution in [1.29, 1.82) is 0 Å². The molecular weight excluding hydrogens is 514 g/mol. The van der Waals surface area contributed by atoms with Crippen LogP contribution >= 0.6 is 15.9 Å². The Morgan fingerprint density at radius 3 is 2.72 bits per heavy atom. The van der Waals surface area contributed by atoms with Gasteiger partial charge in [0.2, 0.25) is 0 Å². The van der Waals surface area contributed by atoms with E-state index in [9.17, 15) is 4.79 Å². The maximum absolute atomic E-state index is 12.4. The first-order valence-electron chi connectivity index (χ1n) is 12.4. The van der Waals surface area contributed by atoms with Crippen LogP contribution in [0.3, 0.4) is 0 Å². The number of amides is 1. The number of fused-ring (bicyclic) bond motifs is 1. The van der Waals surface area contributed by atoms with Crippen molar-refractivity contribution < 1.29 is 9.53 Å². The van der Waals surface area contributed by atoms with Crippen LogP contribution in [0, 0.1) is 0 Å². The molecule has 3 aromatic carbocycles. The summed E-state index contributed by atoms with van der Waals surface area (Å²) in [4.78, 5) is 17.3. The van der Waals surface area contributed by atoms with Crippen LogP contribution in [0.1, 0.15) is 41.0 Å². The summed E-state index contributed by atoms with van der Waals surface area (Å²) in [6, 6.07) is 23.8. The van der Waals surface area contributed by atoms with Gasteiger partial charge in [0.15, 0.2) is 0 Å². The van der Waals surface area contributed by atoms with Crippen LogP contribution in [-0.2, 0) is 19.4 Å². The molecular formula is C30H32BrN3O2. The van der Waals surface area contributed by atoms with Crippen LogP contribution < -0.4 is 10.1 Å². The van der Waals surface area contributed by atoms with E-state index in [1.807, 2.05) is 54.6 Å². The number of imidazole rings is 1. The number of rotatable bonds is 13. The number of carbonyl (C=O) groups excluding carboxylic acids is 1. The molecule has 0 aliphatic rings. The number of hydrogen-bond acceptors (Lipinski definition) is 3. The second kappa shape index (κ2) is 13.1. The number of aryl methyl sites for hydroxylation is 2. The van der Waals surface area contributed by atoms with Crippen LogP contribution in [-0.4, -0.2) is 28.6 Å². The van der Waals surface area contributed by atoms with E-state index in [1.165, 1.54) is 5.56 Å². The van der Waals surface area contributed by atoms with Crippen LogP contribution in [0.4, 0.5) is 0 Å². The number of nitrogens with zero attached hydrogens (tertiary/aromatic N) is 2. The molecule has 6 heteroatoms. The Kier molecular flexibility index (Phi) is 9.33. The first-order chi connectivity index (χ1) is 17.7. The lowest BCUT2D eigenvalue weighted by Gasteiger charge is -2.12. The number of aromatic nitrogens is 2. The predicted molar refractivity (Wildman–Crippen MR) is 150 cm³/mol. The Balaban J connectivity index is 1.30. The smallest absolute Gasteiger partial charge is 0.251 e. The highest BCUT2D eigenvalue weighted by atomic mass is 79.9. The molecule has 36 heavy (non-hydrogen) atoms. The van der Waals surface area contributed by atoms with Gasteiger partial charge in [-0.25, -0.2) is 4.98 Å². The highest BCUT2D eigenvalue weighted by Gasteiger charge is 2.11. The number of hydrogen-bond donors (Lipinski definition) is 1. The van der Waals surface area contributed by atoms with Gasteiger partial charge in [0, 0.05) is 29.5 Å². The van der Waals surface area contributed by atoms with Gasteiger partial charge in [0.1, 0.15) is 11.6 Å². The molecule has 0 unspecified atom stereocenters. The predicted octanol–water partition coefficient (Wildman–Crippen LogP) is 6.75. The lowest BCUT2D eigenvalue weighted by atomic mass is 10.1. The summed E-state index contributed by atoms with van der Waals surface area (Å²) < 4.78 is 9.27. The zero-order valence-corrected chi connectivity index (χ0v) is 22.0. The molecule has 0 fully saturated rings. The molecule has 0 aliphatic carbocycles. The molecule has 0 spiro atoms. The number of nitrogens with one attached hydrogen (secondary N) is 1. The van der Waals surface area contributed by atoms with E-state index in [0.717, 1.165) is 65.7 Å². The number of carbonyl (C=O) groups is 1. The zero-order chi connectivity index (χ0) is 25.2. The molecule has 1 amide bonds. The summed E-state index contributed by atoms with van der Waals surface area (Å²) in [5.41, 5.74) is 4.00. The van der Waals surface area contributed by atoms with E-state index >= 15 is 0 Å². The van der Waals surface area contributed by atoms with E-state index in [-0.39, 0.29) is 5.91 Å². The monoisotopic (exact) mass is 545 g/mol. The summed E-state index contributed by atoms with van der Waals surface area (Å²) in [5, 5.41) is 3.02. The first kappa shape index (κ1) is 25.7. The third kappa shape index (κ3) is 6.85. The molecule has 5 nitrogen and oxygen atoms in total. The third-order valence-corrected chi connectivity index (χ3v) is 6.55. The van der Waals surface area contributed by atoms with Gasteiger partial charge in [-0.2, -0.15) is 0 Å². The molecule has 0 atom stereocenters. The fourth-order valence-corrected chi connectivity index (χ4v) is 4.67. The molecule has 0 bridgehead atoms. The Labute approximate surface area is 221 Å². The summed E-state index contributed by atoms with van der Waals surface area (Å²) in [6.45, 7) is 6.00. The zero-order valence-electron chi connectivity index (χ0n) is 20.5. The van der Waals surface area contributed by atoms with Gasteiger partial charge in [-0.1, -0.05) is 58.4 Å². The van der Waals surface area contributed by atoms with Crippen LogP contribution in [0.15, 0.2) is 89.9 Å². The van der Waals surface area contributed by atoms with Crippen molar-refractivity contribution in [2.75, 3.05) is 13.2 Å². The van der Waals surface area contributed by atoms with Crippen molar-refractivity contribution in [3.8, 4) is 5.75 Å². The van der Waals surface area contributed by atoms with E-state index in [1.54, 1.807) is 0 Å². The summed E-state index contributed by atoms with van der Waals surface area (Å²) >= 11 is 3.42. The van der Waals surface area contributed by atoms with Crippen molar-refractivity contribution in [1.82, 2.24) is 14.9 Å². The summed E-state index contributed by atoms with van der Waals surface area (Å²) in [6.07, 6.45) is 6.29. The van der Waals surface area contributed by atoms with Gasteiger partial charge in [-0.15, -0.1) is 6.58 Å². The lowest BCUT2D eigenvalue weighted by Crippen LogP contribution is -2.25. The van der Waals surface area contributed by atoms with Crippen LogP contribution in [0.25, 0.3) is 11.0 Å². The van der Waals surface area contributed by atoms with Crippen molar-refractivity contribution >= 4 is 32.9 Å². The number of benzene rings is 3. The van der Waals surface area contributed by atoms with Gasteiger partial charge >= 0.3 is 0 Å². The minimum atomic E-state index is -0.0560. The molecule has 1 aromatic heterocycles. The van der Waals surface area contributed by atoms with E-state index in [4.69, 9.17) is 9.72 Å². The molecule has 1 heterocycles. The van der Waals surface area contributed by atoms with E-state index in [2.05, 4.69) is 56.7 Å². The highest BCUT2D eigenvalue weighted by Crippen LogP contribution is 2.20. The number of halogens is 1. The largest absolute Gasteiger partial charge is 0.493 e. The minimum absolute atomic E-state index is 0.0560. The fourth-order valence-electron chi connectivity index (χ4n) is 4.27.